The number of carbonyl (C=O) groups is 1. The summed E-state index contributed by atoms with van der Waals surface area (Å²) in [5.41, 5.74) is 5.78. The maximum atomic E-state index is 11.7. The van der Waals surface area contributed by atoms with Crippen LogP contribution in [0.15, 0.2) is 0 Å². The van der Waals surface area contributed by atoms with Gasteiger partial charge in [-0.05, 0) is 20.3 Å². The van der Waals surface area contributed by atoms with Crippen molar-refractivity contribution in [1.82, 2.24) is 9.80 Å². The van der Waals surface area contributed by atoms with Gasteiger partial charge in [0.25, 0.3) is 0 Å². The van der Waals surface area contributed by atoms with Crippen LogP contribution in [0.3, 0.4) is 0 Å². The monoisotopic (exact) mass is 185 g/mol. The molecule has 1 rings (SSSR count). The third-order valence-electron chi connectivity index (χ3n) is 2.65. The number of hydrogen-bond acceptors (Lipinski definition) is 2. The molecule has 0 aromatic rings. The van der Waals surface area contributed by atoms with E-state index in [1.165, 1.54) is 0 Å². The predicted molar refractivity (Wildman–Crippen MR) is 52.5 cm³/mol. The summed E-state index contributed by atoms with van der Waals surface area (Å²) in [6, 6.07) is 0.545. The molecular formula is C9H19N3O. The average Bonchev–Trinajstić information content (AvgIpc) is 2.42. The fourth-order valence-corrected chi connectivity index (χ4v) is 1.69. The number of hydrogen-bond donors (Lipinski definition) is 1. The van der Waals surface area contributed by atoms with Crippen molar-refractivity contribution in [2.45, 2.75) is 32.4 Å². The number of likely N-dealkylation sites (tertiary alicyclic amines) is 1. The summed E-state index contributed by atoms with van der Waals surface area (Å²) in [6.07, 6.45) is 0.920. The highest BCUT2D eigenvalue weighted by atomic mass is 16.2. The van der Waals surface area contributed by atoms with Crippen LogP contribution in [0.4, 0.5) is 4.79 Å². The van der Waals surface area contributed by atoms with Crippen LogP contribution < -0.4 is 5.73 Å². The Morgan fingerprint density at radius 3 is 2.69 bits per heavy atom. The Morgan fingerprint density at radius 1 is 1.69 bits per heavy atom. The first-order valence-electron chi connectivity index (χ1n) is 4.83. The van der Waals surface area contributed by atoms with Crippen molar-refractivity contribution in [3.63, 3.8) is 0 Å². The summed E-state index contributed by atoms with van der Waals surface area (Å²) in [7, 11) is 1.82. The number of nitrogens with zero attached hydrogens (tertiary/aromatic N) is 2. The van der Waals surface area contributed by atoms with Gasteiger partial charge in [-0.2, -0.15) is 0 Å². The minimum Gasteiger partial charge on any atom is -0.328 e. The molecule has 0 bridgehead atoms. The van der Waals surface area contributed by atoms with E-state index in [9.17, 15) is 4.79 Å². The lowest BCUT2D eigenvalue weighted by molar-refractivity contribution is 0.162. The van der Waals surface area contributed by atoms with Crippen molar-refractivity contribution in [3.8, 4) is 0 Å². The average molecular weight is 185 g/mol. The molecule has 0 aromatic heterocycles. The normalized spacial score (nSPS) is 27.8. The molecule has 2 unspecified atom stereocenters. The number of urea groups is 1. The molecule has 2 amide bonds. The zero-order valence-electron chi connectivity index (χ0n) is 8.66. The van der Waals surface area contributed by atoms with E-state index in [1.807, 2.05) is 25.8 Å². The van der Waals surface area contributed by atoms with Crippen LogP contribution in [0.2, 0.25) is 0 Å². The molecule has 13 heavy (non-hydrogen) atoms. The summed E-state index contributed by atoms with van der Waals surface area (Å²) in [5.74, 6) is 0. The first-order valence-corrected chi connectivity index (χ1v) is 4.83. The number of carbonyl (C=O) groups excluding carboxylic acids is 1. The van der Waals surface area contributed by atoms with Crippen LogP contribution in [0.25, 0.3) is 0 Å². The molecule has 0 saturated carbocycles. The molecule has 0 radical (unpaired) electrons. The van der Waals surface area contributed by atoms with Crippen LogP contribution in [0.1, 0.15) is 20.3 Å². The van der Waals surface area contributed by atoms with E-state index < -0.39 is 0 Å². The Labute approximate surface area is 79.7 Å². The Kier molecular flexibility index (Phi) is 3.14. The van der Waals surface area contributed by atoms with Gasteiger partial charge in [0.1, 0.15) is 0 Å². The lowest BCUT2D eigenvalue weighted by Crippen LogP contribution is -2.43. The van der Waals surface area contributed by atoms with Crippen molar-refractivity contribution in [2.24, 2.45) is 5.73 Å². The standard InChI is InChI=1S/C9H19N3O/c1-4-11(3)9(13)12-6-8(10)5-7(12)2/h7-8H,4-6,10H2,1-3H3. The maximum absolute atomic E-state index is 11.7. The van der Waals surface area contributed by atoms with Crippen LogP contribution in [-0.2, 0) is 0 Å². The van der Waals surface area contributed by atoms with Gasteiger partial charge in [-0.1, -0.05) is 0 Å². The van der Waals surface area contributed by atoms with Gasteiger partial charge < -0.3 is 15.5 Å². The van der Waals surface area contributed by atoms with E-state index in [2.05, 4.69) is 0 Å². The molecule has 1 aliphatic heterocycles. The van der Waals surface area contributed by atoms with E-state index in [0.717, 1.165) is 13.0 Å². The van der Waals surface area contributed by atoms with E-state index in [-0.39, 0.29) is 18.1 Å². The molecule has 1 fully saturated rings. The van der Waals surface area contributed by atoms with Gasteiger partial charge in [0, 0.05) is 32.2 Å². The summed E-state index contributed by atoms with van der Waals surface area (Å²) in [5, 5.41) is 0. The molecule has 0 aliphatic carbocycles. The zero-order valence-corrected chi connectivity index (χ0v) is 8.66. The highest BCUT2D eigenvalue weighted by Crippen LogP contribution is 2.17. The minimum atomic E-state index is 0.1000. The largest absolute Gasteiger partial charge is 0.328 e. The van der Waals surface area contributed by atoms with E-state index >= 15 is 0 Å². The maximum Gasteiger partial charge on any atom is 0.320 e. The van der Waals surface area contributed by atoms with Crippen LogP contribution in [0, 0.1) is 0 Å². The Hall–Kier alpha value is -0.770. The first-order chi connectivity index (χ1) is 6.06. The zero-order chi connectivity index (χ0) is 10.0. The van der Waals surface area contributed by atoms with Gasteiger partial charge >= 0.3 is 6.03 Å². The Morgan fingerprint density at radius 2 is 2.31 bits per heavy atom. The number of rotatable bonds is 1. The summed E-state index contributed by atoms with van der Waals surface area (Å²) >= 11 is 0. The molecule has 0 spiro atoms. The second-order valence-electron chi connectivity index (χ2n) is 3.79. The van der Waals surface area contributed by atoms with Crippen molar-refractivity contribution < 1.29 is 4.79 Å². The van der Waals surface area contributed by atoms with E-state index in [4.69, 9.17) is 5.73 Å². The summed E-state index contributed by atoms with van der Waals surface area (Å²) in [6.45, 7) is 5.47. The topological polar surface area (TPSA) is 49.6 Å². The van der Waals surface area contributed by atoms with Gasteiger partial charge in [0.15, 0.2) is 0 Å². The fraction of sp³-hybridized carbons (Fsp3) is 0.889. The lowest BCUT2D eigenvalue weighted by Gasteiger charge is -2.26. The lowest BCUT2D eigenvalue weighted by atomic mass is 10.2. The highest BCUT2D eigenvalue weighted by Gasteiger charge is 2.31. The van der Waals surface area contributed by atoms with Gasteiger partial charge in [-0.15, -0.1) is 0 Å². The van der Waals surface area contributed by atoms with E-state index in [1.54, 1.807) is 4.90 Å². The molecule has 1 aliphatic rings. The quantitative estimate of drug-likeness (QED) is 0.646. The molecule has 4 nitrogen and oxygen atoms in total. The number of amides is 2. The second kappa shape index (κ2) is 3.96. The van der Waals surface area contributed by atoms with Crippen LogP contribution in [-0.4, -0.2) is 48.1 Å². The SMILES string of the molecule is CCN(C)C(=O)N1CC(N)CC1C. The van der Waals surface area contributed by atoms with Crippen molar-refractivity contribution in [2.75, 3.05) is 20.1 Å². The molecule has 1 heterocycles. The van der Waals surface area contributed by atoms with Crippen molar-refractivity contribution in [1.29, 1.82) is 0 Å². The first kappa shape index (κ1) is 10.3. The van der Waals surface area contributed by atoms with Gasteiger partial charge in [-0.25, -0.2) is 4.79 Å². The smallest absolute Gasteiger partial charge is 0.320 e. The fourth-order valence-electron chi connectivity index (χ4n) is 1.69. The van der Waals surface area contributed by atoms with Crippen LogP contribution >= 0.6 is 0 Å². The van der Waals surface area contributed by atoms with E-state index in [0.29, 0.717) is 6.54 Å². The predicted octanol–water partition coefficient (Wildman–Crippen LogP) is 0.480. The molecule has 0 aromatic carbocycles. The molecule has 4 heteroatoms. The van der Waals surface area contributed by atoms with Gasteiger partial charge in [0.2, 0.25) is 0 Å². The Bertz CT molecular complexity index is 195. The highest BCUT2D eigenvalue weighted by molar-refractivity contribution is 5.74. The van der Waals surface area contributed by atoms with Gasteiger partial charge in [0.05, 0.1) is 0 Å². The third-order valence-corrected chi connectivity index (χ3v) is 2.65. The minimum absolute atomic E-state index is 0.1000. The third kappa shape index (κ3) is 2.12. The van der Waals surface area contributed by atoms with Crippen molar-refractivity contribution in [3.05, 3.63) is 0 Å². The molecule has 1 saturated heterocycles. The number of nitrogens with two attached hydrogens (primary N) is 1. The molecule has 2 atom stereocenters. The molecule has 76 valence electrons. The van der Waals surface area contributed by atoms with Gasteiger partial charge in [-0.3, -0.25) is 0 Å². The van der Waals surface area contributed by atoms with Crippen LogP contribution in [0.5, 0.6) is 0 Å². The molecule has 2 N–H and O–H groups in total. The second-order valence-corrected chi connectivity index (χ2v) is 3.79. The molecular weight excluding hydrogens is 166 g/mol. The summed E-state index contributed by atoms with van der Waals surface area (Å²) in [4.78, 5) is 15.3. The summed E-state index contributed by atoms with van der Waals surface area (Å²) < 4.78 is 0. The van der Waals surface area contributed by atoms with Crippen molar-refractivity contribution >= 4 is 6.03 Å². The Balaban J connectivity index is 2.57.